The van der Waals surface area contributed by atoms with Gasteiger partial charge in [-0.2, -0.15) is 0 Å². The summed E-state index contributed by atoms with van der Waals surface area (Å²) in [6, 6.07) is 7.77. The predicted molar refractivity (Wildman–Crippen MR) is 96.9 cm³/mol. The molecular weight excluding hydrogens is 332 g/mol. The van der Waals surface area contributed by atoms with Crippen LogP contribution in [0.1, 0.15) is 57.5 Å². The van der Waals surface area contributed by atoms with E-state index in [0.29, 0.717) is 5.69 Å². The van der Waals surface area contributed by atoms with Gasteiger partial charge in [0.25, 0.3) is 0 Å². The molecule has 1 saturated carbocycles. The van der Waals surface area contributed by atoms with Gasteiger partial charge in [-0.15, -0.1) is 0 Å². The van der Waals surface area contributed by atoms with E-state index in [1.807, 2.05) is 0 Å². The number of phenolic OH excluding ortho intramolecular Hbond substituents is 2. The van der Waals surface area contributed by atoms with Crippen molar-refractivity contribution in [2.45, 2.75) is 37.8 Å². The fraction of sp³-hybridized carbons (Fsp3) is 0.300. The van der Waals surface area contributed by atoms with Crippen molar-refractivity contribution in [1.82, 2.24) is 0 Å². The summed E-state index contributed by atoms with van der Waals surface area (Å²) in [6.07, 6.45) is 3.55. The van der Waals surface area contributed by atoms with E-state index >= 15 is 0 Å². The largest absolute Gasteiger partial charge is 0.507 e. The van der Waals surface area contributed by atoms with Crippen molar-refractivity contribution in [3.8, 4) is 11.5 Å². The van der Waals surface area contributed by atoms with Crippen molar-refractivity contribution >= 4 is 17.3 Å². The number of carbonyl (C=O) groups excluding carboxylic acids is 2. The van der Waals surface area contributed by atoms with E-state index < -0.39 is 11.6 Å². The number of nitrogens with two attached hydrogens (primary N) is 1. The Hall–Kier alpha value is -2.86. The summed E-state index contributed by atoms with van der Waals surface area (Å²) in [7, 11) is 0. The monoisotopic (exact) mass is 352 g/mol. The average Bonchev–Trinajstić information content (AvgIpc) is 2.62. The minimum Gasteiger partial charge on any atom is -0.507 e. The van der Waals surface area contributed by atoms with Crippen molar-refractivity contribution in [1.29, 1.82) is 0 Å². The van der Waals surface area contributed by atoms with Crippen LogP contribution in [0.4, 0.5) is 5.69 Å². The topological polar surface area (TPSA) is 113 Å². The molecule has 5 N–H and O–H groups in total. The maximum absolute atomic E-state index is 13.1. The fourth-order valence-corrected chi connectivity index (χ4v) is 3.89. The van der Waals surface area contributed by atoms with Crippen molar-refractivity contribution in [2.24, 2.45) is 5.73 Å². The van der Waals surface area contributed by atoms with Gasteiger partial charge in [0.05, 0.1) is 16.7 Å². The summed E-state index contributed by atoms with van der Waals surface area (Å²) >= 11 is 0. The van der Waals surface area contributed by atoms with Gasteiger partial charge < -0.3 is 21.3 Å². The molecule has 0 aliphatic heterocycles. The number of aromatic hydroxyl groups is 2. The quantitative estimate of drug-likeness (QED) is 0.527. The number of fused-ring (bicyclic) bond motifs is 2. The summed E-state index contributed by atoms with van der Waals surface area (Å²) in [5.74, 6) is -1.39. The molecule has 4 rings (SSSR count). The smallest absolute Gasteiger partial charge is 0.200 e. The lowest BCUT2D eigenvalue weighted by molar-refractivity contribution is 0.0974. The number of hydrogen-bond acceptors (Lipinski definition) is 6. The highest BCUT2D eigenvalue weighted by Crippen LogP contribution is 2.40. The van der Waals surface area contributed by atoms with E-state index in [1.165, 1.54) is 24.3 Å². The molecule has 0 spiro atoms. The highest BCUT2D eigenvalue weighted by molar-refractivity contribution is 6.31. The molecule has 134 valence electrons. The normalized spacial score (nSPS) is 21.9. The molecule has 1 fully saturated rings. The third kappa shape index (κ3) is 2.54. The number of ketones is 2. The van der Waals surface area contributed by atoms with Gasteiger partial charge in [0.15, 0.2) is 11.6 Å². The lowest BCUT2D eigenvalue weighted by Gasteiger charge is -2.29. The van der Waals surface area contributed by atoms with Crippen molar-refractivity contribution < 1.29 is 19.8 Å². The number of phenols is 2. The zero-order chi connectivity index (χ0) is 18.4. The molecular formula is C20H20N2O4. The molecule has 26 heavy (non-hydrogen) atoms. The molecule has 0 amide bonds. The summed E-state index contributed by atoms with van der Waals surface area (Å²) in [5.41, 5.74) is 6.66. The van der Waals surface area contributed by atoms with Crippen LogP contribution in [0.3, 0.4) is 0 Å². The van der Waals surface area contributed by atoms with Crippen LogP contribution >= 0.6 is 0 Å². The van der Waals surface area contributed by atoms with Gasteiger partial charge in [-0.25, -0.2) is 0 Å². The molecule has 2 aromatic rings. The lowest BCUT2D eigenvalue weighted by Crippen LogP contribution is -2.33. The van der Waals surface area contributed by atoms with E-state index in [9.17, 15) is 19.8 Å². The Labute approximate surface area is 150 Å². The molecule has 0 bridgehead atoms. The molecule has 0 aromatic heterocycles. The van der Waals surface area contributed by atoms with Crippen LogP contribution in [0.15, 0.2) is 30.3 Å². The van der Waals surface area contributed by atoms with E-state index in [4.69, 9.17) is 5.73 Å². The Morgan fingerprint density at radius 3 is 2.27 bits per heavy atom. The first-order valence-corrected chi connectivity index (χ1v) is 8.77. The molecule has 2 aliphatic rings. The van der Waals surface area contributed by atoms with E-state index in [-0.39, 0.29) is 45.8 Å². The first kappa shape index (κ1) is 16.6. The van der Waals surface area contributed by atoms with Crippen LogP contribution in [0, 0.1) is 0 Å². The van der Waals surface area contributed by atoms with Crippen LogP contribution in [0.5, 0.6) is 11.5 Å². The second-order valence-corrected chi connectivity index (χ2v) is 7.00. The van der Waals surface area contributed by atoms with Crippen LogP contribution in [-0.4, -0.2) is 33.9 Å². The number of carbonyl (C=O) groups is 2. The molecule has 2 aromatic carbocycles. The minimum absolute atomic E-state index is 0.00869. The van der Waals surface area contributed by atoms with Crippen LogP contribution in [-0.2, 0) is 0 Å². The van der Waals surface area contributed by atoms with E-state index in [1.54, 1.807) is 6.07 Å². The number of rotatable bonds is 2. The predicted octanol–water partition coefficient (Wildman–Crippen LogP) is 2.56. The number of nitrogens with one attached hydrogen (secondary N) is 1. The van der Waals surface area contributed by atoms with Crippen molar-refractivity contribution in [2.75, 3.05) is 5.32 Å². The van der Waals surface area contributed by atoms with Gasteiger partial charge in [0.1, 0.15) is 11.5 Å². The standard InChI is InChI=1S/C20H20N2O4/c21-10-4-6-11(7-5-10)22-13-8-9-15(24)18-17(13)20(26)16-12(19(18)25)2-1-3-14(16)23/h1-3,8-11,22-24H,4-7,21H2. The maximum Gasteiger partial charge on any atom is 0.200 e. The third-order valence-electron chi connectivity index (χ3n) is 5.28. The lowest BCUT2D eigenvalue weighted by atomic mass is 9.82. The third-order valence-corrected chi connectivity index (χ3v) is 5.28. The van der Waals surface area contributed by atoms with Crippen molar-refractivity contribution in [3.05, 3.63) is 52.6 Å². The average molecular weight is 352 g/mol. The van der Waals surface area contributed by atoms with Gasteiger partial charge in [-0.3, -0.25) is 9.59 Å². The zero-order valence-corrected chi connectivity index (χ0v) is 14.2. The molecule has 0 radical (unpaired) electrons. The van der Waals surface area contributed by atoms with Gasteiger partial charge >= 0.3 is 0 Å². The Bertz CT molecular complexity index is 914. The number of benzene rings is 2. The van der Waals surface area contributed by atoms with Crippen LogP contribution in [0.2, 0.25) is 0 Å². The number of anilines is 1. The first-order valence-electron chi connectivity index (χ1n) is 8.77. The highest BCUT2D eigenvalue weighted by atomic mass is 16.3. The first-order chi connectivity index (χ1) is 12.5. The Kier molecular flexibility index (Phi) is 3.92. The van der Waals surface area contributed by atoms with E-state index in [2.05, 4.69) is 5.32 Å². The zero-order valence-electron chi connectivity index (χ0n) is 14.2. The molecule has 0 unspecified atom stereocenters. The van der Waals surface area contributed by atoms with Gasteiger partial charge in [0, 0.05) is 23.3 Å². The molecule has 0 atom stereocenters. The van der Waals surface area contributed by atoms with Crippen LogP contribution in [0.25, 0.3) is 0 Å². The fourth-order valence-electron chi connectivity index (χ4n) is 3.89. The molecule has 0 saturated heterocycles. The summed E-state index contributed by atoms with van der Waals surface area (Å²) in [6.45, 7) is 0. The second-order valence-electron chi connectivity index (χ2n) is 7.00. The van der Waals surface area contributed by atoms with E-state index in [0.717, 1.165) is 25.7 Å². The summed E-state index contributed by atoms with van der Waals surface area (Å²) < 4.78 is 0. The van der Waals surface area contributed by atoms with Gasteiger partial charge in [-0.05, 0) is 43.9 Å². The highest BCUT2D eigenvalue weighted by Gasteiger charge is 2.36. The Balaban J connectivity index is 1.79. The molecule has 6 heteroatoms. The number of hydrogen-bond donors (Lipinski definition) is 4. The van der Waals surface area contributed by atoms with Gasteiger partial charge in [0.2, 0.25) is 0 Å². The summed E-state index contributed by atoms with van der Waals surface area (Å²) in [5, 5.41) is 23.7. The molecule has 0 heterocycles. The van der Waals surface area contributed by atoms with Crippen LogP contribution < -0.4 is 11.1 Å². The molecule has 6 nitrogen and oxygen atoms in total. The minimum atomic E-state index is -0.461. The Morgan fingerprint density at radius 2 is 1.54 bits per heavy atom. The Morgan fingerprint density at radius 1 is 0.846 bits per heavy atom. The summed E-state index contributed by atoms with van der Waals surface area (Å²) in [4.78, 5) is 25.9. The van der Waals surface area contributed by atoms with Gasteiger partial charge in [-0.1, -0.05) is 12.1 Å². The SMILES string of the molecule is NC1CCC(Nc2ccc(O)c3c2C(=O)c2c(O)cccc2C3=O)CC1. The maximum atomic E-state index is 13.1. The van der Waals surface area contributed by atoms with Crippen molar-refractivity contribution in [3.63, 3.8) is 0 Å². The second kappa shape index (κ2) is 6.14. The molecule has 2 aliphatic carbocycles.